The zero-order valence-electron chi connectivity index (χ0n) is 16.1. The van der Waals surface area contributed by atoms with E-state index in [0.29, 0.717) is 13.0 Å². The van der Waals surface area contributed by atoms with Crippen LogP contribution in [0.3, 0.4) is 0 Å². The van der Waals surface area contributed by atoms with Crippen molar-refractivity contribution in [2.45, 2.75) is 29.6 Å². The minimum atomic E-state index is -0.186. The lowest BCUT2D eigenvalue weighted by Crippen LogP contribution is -2.07. The molecular weight excluding hydrogens is 366 g/mol. The summed E-state index contributed by atoms with van der Waals surface area (Å²) in [6.45, 7) is 3.13. The Labute approximate surface area is 171 Å². The molecule has 0 amide bonds. The van der Waals surface area contributed by atoms with Gasteiger partial charge in [0.25, 0.3) is 0 Å². The Morgan fingerprint density at radius 1 is 0.893 bits per heavy atom. The third kappa shape index (κ3) is 6.46. The molecule has 28 heavy (non-hydrogen) atoms. The van der Waals surface area contributed by atoms with Gasteiger partial charge in [0, 0.05) is 22.0 Å². The highest BCUT2D eigenvalue weighted by Gasteiger charge is 2.06. The van der Waals surface area contributed by atoms with Gasteiger partial charge < -0.3 is 10.1 Å². The maximum atomic E-state index is 11.7. The van der Waals surface area contributed by atoms with Crippen LogP contribution in [0.5, 0.6) is 0 Å². The largest absolute Gasteiger partial charge is 0.466 e. The van der Waals surface area contributed by atoms with E-state index in [4.69, 9.17) is 4.74 Å². The van der Waals surface area contributed by atoms with Gasteiger partial charge in [-0.1, -0.05) is 60.3 Å². The third-order valence-electron chi connectivity index (χ3n) is 4.21. The lowest BCUT2D eigenvalue weighted by atomic mass is 10.1. The van der Waals surface area contributed by atoms with Crippen LogP contribution in [-0.4, -0.2) is 19.1 Å². The van der Waals surface area contributed by atoms with Gasteiger partial charge in [0.05, 0.1) is 13.0 Å². The summed E-state index contributed by atoms with van der Waals surface area (Å²) < 4.78 is 5.04. The number of benzene rings is 3. The van der Waals surface area contributed by atoms with Crippen molar-refractivity contribution in [2.75, 3.05) is 18.5 Å². The summed E-state index contributed by atoms with van der Waals surface area (Å²) in [4.78, 5) is 14.0. The molecule has 0 spiro atoms. The van der Waals surface area contributed by atoms with Gasteiger partial charge in [-0.05, 0) is 54.8 Å². The first-order valence-corrected chi connectivity index (χ1v) is 10.3. The van der Waals surface area contributed by atoms with E-state index in [0.717, 1.165) is 34.0 Å². The highest BCUT2D eigenvalue weighted by atomic mass is 32.2. The fourth-order valence-corrected chi connectivity index (χ4v) is 3.86. The average Bonchev–Trinajstić information content (AvgIpc) is 2.70. The lowest BCUT2D eigenvalue weighted by molar-refractivity contribution is -0.142. The zero-order valence-corrected chi connectivity index (χ0v) is 16.9. The fourth-order valence-electron chi connectivity index (χ4n) is 2.90. The topological polar surface area (TPSA) is 38.3 Å². The molecule has 3 aromatic rings. The molecule has 3 rings (SSSR count). The average molecular weight is 392 g/mol. The number of esters is 1. The van der Waals surface area contributed by atoms with Crippen LogP contribution in [0, 0.1) is 0 Å². The number of carbonyl (C=O) groups is 1. The van der Waals surface area contributed by atoms with E-state index in [1.165, 1.54) is 5.56 Å². The molecular formula is C24H25NO2S. The third-order valence-corrected chi connectivity index (χ3v) is 5.19. The zero-order chi connectivity index (χ0) is 19.6. The maximum absolute atomic E-state index is 11.7. The summed E-state index contributed by atoms with van der Waals surface area (Å²) in [5.74, 6) is -0.186. The molecule has 0 unspecified atom stereocenters. The molecule has 0 aliphatic heterocycles. The van der Waals surface area contributed by atoms with E-state index >= 15 is 0 Å². The van der Waals surface area contributed by atoms with Gasteiger partial charge in [0.15, 0.2) is 0 Å². The Hall–Kier alpha value is -2.72. The summed E-state index contributed by atoms with van der Waals surface area (Å²) in [7, 11) is 0. The predicted molar refractivity (Wildman–Crippen MR) is 116 cm³/mol. The van der Waals surface area contributed by atoms with Crippen molar-refractivity contribution in [3.63, 3.8) is 0 Å². The molecule has 0 aliphatic rings. The molecule has 0 saturated heterocycles. The number of carbonyl (C=O) groups excluding carboxylic acids is 1. The summed E-state index contributed by atoms with van der Waals surface area (Å²) >= 11 is 1.69. The van der Waals surface area contributed by atoms with E-state index < -0.39 is 0 Å². The van der Waals surface area contributed by atoms with Gasteiger partial charge in [0.2, 0.25) is 0 Å². The van der Waals surface area contributed by atoms with Crippen LogP contribution in [0.15, 0.2) is 88.7 Å². The monoisotopic (exact) mass is 391 g/mol. The predicted octanol–water partition coefficient (Wildman–Crippen LogP) is 5.60. The number of nitrogens with one attached hydrogen (secondary N) is 1. The molecule has 0 radical (unpaired) electrons. The van der Waals surface area contributed by atoms with Crippen molar-refractivity contribution in [1.29, 1.82) is 0 Å². The van der Waals surface area contributed by atoms with Crippen LogP contribution in [-0.2, 0) is 22.4 Å². The Morgan fingerprint density at radius 2 is 1.61 bits per heavy atom. The van der Waals surface area contributed by atoms with Crippen LogP contribution < -0.4 is 5.32 Å². The summed E-state index contributed by atoms with van der Waals surface area (Å²) in [6, 6.07) is 27.0. The molecule has 0 atom stereocenters. The number of rotatable bonds is 9. The van der Waals surface area contributed by atoms with E-state index in [1.54, 1.807) is 11.8 Å². The van der Waals surface area contributed by atoms with Crippen molar-refractivity contribution in [3.05, 3.63) is 90.0 Å². The minimum absolute atomic E-state index is 0.186. The molecule has 0 aromatic heterocycles. The maximum Gasteiger partial charge on any atom is 0.310 e. The van der Waals surface area contributed by atoms with Gasteiger partial charge in [-0.25, -0.2) is 0 Å². The second kappa shape index (κ2) is 10.6. The quantitative estimate of drug-likeness (QED) is 0.482. The molecule has 3 nitrogen and oxygen atoms in total. The molecule has 3 aromatic carbocycles. The molecule has 144 valence electrons. The van der Waals surface area contributed by atoms with Gasteiger partial charge in [-0.3, -0.25) is 4.79 Å². The molecule has 0 bridgehead atoms. The first kappa shape index (κ1) is 20.0. The summed E-state index contributed by atoms with van der Waals surface area (Å²) in [5, 5.41) is 3.50. The van der Waals surface area contributed by atoms with Crippen LogP contribution in [0.2, 0.25) is 0 Å². The number of ether oxygens (including phenoxy) is 1. The Balaban J connectivity index is 1.57. The Bertz CT molecular complexity index is 896. The van der Waals surface area contributed by atoms with Crippen molar-refractivity contribution in [1.82, 2.24) is 0 Å². The van der Waals surface area contributed by atoms with Gasteiger partial charge >= 0.3 is 5.97 Å². The number of hydrogen-bond donors (Lipinski definition) is 1. The highest BCUT2D eigenvalue weighted by Crippen LogP contribution is 2.30. The smallest absolute Gasteiger partial charge is 0.310 e. The lowest BCUT2D eigenvalue weighted by Gasteiger charge is -2.09. The summed E-state index contributed by atoms with van der Waals surface area (Å²) in [6.07, 6.45) is 1.30. The van der Waals surface area contributed by atoms with Gasteiger partial charge in [-0.2, -0.15) is 0 Å². The second-order valence-corrected chi connectivity index (χ2v) is 7.57. The van der Waals surface area contributed by atoms with Crippen molar-refractivity contribution in [3.8, 4) is 0 Å². The molecule has 4 heteroatoms. The molecule has 0 saturated carbocycles. The molecule has 1 N–H and O–H groups in total. The highest BCUT2D eigenvalue weighted by molar-refractivity contribution is 7.99. The Kier molecular flexibility index (Phi) is 7.56. The van der Waals surface area contributed by atoms with Crippen LogP contribution in [0.1, 0.15) is 18.1 Å². The van der Waals surface area contributed by atoms with Crippen molar-refractivity contribution >= 4 is 23.4 Å². The molecule has 0 heterocycles. The van der Waals surface area contributed by atoms with Crippen molar-refractivity contribution in [2.24, 2.45) is 0 Å². The minimum Gasteiger partial charge on any atom is -0.466 e. The standard InChI is InChI=1S/C24H25NO2S/c1-2-27-24(26)17-20-10-6-12-22(16-20)28-23-13-7-11-21(18-23)25-15-14-19-8-4-3-5-9-19/h3-13,16,18,25H,2,14-15,17H2,1H3. The van der Waals surface area contributed by atoms with Gasteiger partial charge in [0.1, 0.15) is 0 Å². The normalized spacial score (nSPS) is 10.5. The van der Waals surface area contributed by atoms with Crippen LogP contribution in [0.25, 0.3) is 0 Å². The van der Waals surface area contributed by atoms with E-state index in [-0.39, 0.29) is 5.97 Å². The second-order valence-electron chi connectivity index (χ2n) is 6.42. The Morgan fingerprint density at radius 3 is 2.39 bits per heavy atom. The van der Waals surface area contributed by atoms with Crippen LogP contribution >= 0.6 is 11.8 Å². The first-order chi connectivity index (χ1) is 13.7. The fraction of sp³-hybridized carbons (Fsp3) is 0.208. The molecule has 0 fully saturated rings. The van der Waals surface area contributed by atoms with Gasteiger partial charge in [-0.15, -0.1) is 0 Å². The van der Waals surface area contributed by atoms with Crippen molar-refractivity contribution < 1.29 is 9.53 Å². The summed E-state index contributed by atoms with van der Waals surface area (Å²) in [5.41, 5.74) is 3.42. The number of anilines is 1. The first-order valence-electron chi connectivity index (χ1n) is 9.53. The SMILES string of the molecule is CCOC(=O)Cc1cccc(Sc2cccc(NCCc3ccccc3)c2)c1. The van der Waals surface area contributed by atoms with Crippen LogP contribution in [0.4, 0.5) is 5.69 Å². The van der Waals surface area contributed by atoms with E-state index in [9.17, 15) is 4.79 Å². The van der Waals surface area contributed by atoms with E-state index in [2.05, 4.69) is 66.0 Å². The number of hydrogen-bond acceptors (Lipinski definition) is 4. The molecule has 0 aliphatic carbocycles. The van der Waals surface area contributed by atoms with E-state index in [1.807, 2.05) is 25.1 Å².